The van der Waals surface area contributed by atoms with Gasteiger partial charge in [0, 0.05) is 12.6 Å². The molecule has 0 aliphatic carbocycles. The van der Waals surface area contributed by atoms with Crippen molar-refractivity contribution >= 4 is 6.09 Å². The van der Waals surface area contributed by atoms with Crippen molar-refractivity contribution in [3.05, 3.63) is 11.6 Å². The molecule has 0 spiro atoms. The van der Waals surface area contributed by atoms with E-state index in [-0.39, 0.29) is 6.04 Å². The quantitative estimate of drug-likeness (QED) is 0.522. The minimum Gasteiger partial charge on any atom is -0.465 e. The molecule has 0 aromatic rings. The van der Waals surface area contributed by atoms with Crippen LogP contribution in [0.1, 0.15) is 6.92 Å². The second-order valence-corrected chi connectivity index (χ2v) is 2.43. The summed E-state index contributed by atoms with van der Waals surface area (Å²) in [4.78, 5) is 11.6. The van der Waals surface area contributed by atoms with Crippen LogP contribution in [-0.2, 0) is 0 Å². The highest BCUT2D eigenvalue weighted by Crippen LogP contribution is 2.22. The summed E-state index contributed by atoms with van der Waals surface area (Å²) in [7, 11) is 0. The molecule has 1 aliphatic heterocycles. The predicted molar refractivity (Wildman–Crippen MR) is 37.9 cm³/mol. The van der Waals surface area contributed by atoms with E-state index in [9.17, 15) is 4.79 Å². The molecule has 0 aromatic heterocycles. The Balaban J connectivity index is 2.59. The van der Waals surface area contributed by atoms with Crippen molar-refractivity contribution < 1.29 is 9.90 Å². The Kier molecular flexibility index (Phi) is 1.81. The Hall–Kier alpha value is -1.50. The molecule has 11 heavy (non-hydrogen) atoms. The third-order valence-electron chi connectivity index (χ3n) is 1.85. The van der Waals surface area contributed by atoms with E-state index in [2.05, 4.69) is 0 Å². The van der Waals surface area contributed by atoms with Crippen LogP contribution in [0.2, 0.25) is 0 Å². The lowest BCUT2D eigenvalue weighted by molar-refractivity contribution is 0.116. The van der Waals surface area contributed by atoms with Gasteiger partial charge >= 0.3 is 6.09 Å². The monoisotopic (exact) mass is 152 g/mol. The molecule has 0 aromatic carbocycles. The molecule has 1 saturated heterocycles. The van der Waals surface area contributed by atoms with E-state index >= 15 is 0 Å². The van der Waals surface area contributed by atoms with Gasteiger partial charge in [-0.3, -0.25) is 4.90 Å². The van der Waals surface area contributed by atoms with Crippen LogP contribution in [0.3, 0.4) is 0 Å². The van der Waals surface area contributed by atoms with Crippen molar-refractivity contribution in [2.24, 2.45) is 0 Å². The highest BCUT2D eigenvalue weighted by Gasteiger charge is 2.32. The van der Waals surface area contributed by atoms with Crippen LogP contribution in [0.15, 0.2) is 11.6 Å². The number of carbonyl (C=O) groups is 1. The smallest absolute Gasteiger partial charge is 0.408 e. The van der Waals surface area contributed by atoms with E-state index in [4.69, 9.17) is 10.4 Å². The highest BCUT2D eigenvalue weighted by atomic mass is 16.4. The van der Waals surface area contributed by atoms with Crippen LogP contribution < -0.4 is 0 Å². The SMILES string of the molecule is C[C@@H]1/C(=C\C#N)CN1C(=O)O. The normalized spacial score (nSPS) is 26.0. The Morgan fingerprint density at radius 2 is 2.64 bits per heavy atom. The maximum atomic E-state index is 10.4. The molecular formula is C7H8N2O2. The van der Waals surface area contributed by atoms with Gasteiger partial charge in [-0.2, -0.15) is 5.26 Å². The van der Waals surface area contributed by atoms with Crippen LogP contribution in [0, 0.1) is 11.3 Å². The predicted octanol–water partition coefficient (Wildman–Crippen LogP) is 0.818. The van der Waals surface area contributed by atoms with Crippen molar-refractivity contribution in [1.82, 2.24) is 4.90 Å². The van der Waals surface area contributed by atoms with Gasteiger partial charge in [0.1, 0.15) is 0 Å². The Bertz CT molecular complexity index is 252. The third kappa shape index (κ3) is 1.17. The number of hydrogen-bond donors (Lipinski definition) is 1. The summed E-state index contributed by atoms with van der Waals surface area (Å²) in [5.74, 6) is 0. The molecule has 1 aliphatic rings. The van der Waals surface area contributed by atoms with Gasteiger partial charge in [-0.1, -0.05) is 0 Å². The van der Waals surface area contributed by atoms with Crippen LogP contribution in [0.25, 0.3) is 0 Å². The number of amides is 1. The molecule has 0 radical (unpaired) electrons. The number of carboxylic acid groups (broad SMARTS) is 1. The largest absolute Gasteiger partial charge is 0.465 e. The highest BCUT2D eigenvalue weighted by molar-refractivity contribution is 5.69. The number of rotatable bonds is 0. The molecule has 0 bridgehead atoms. The van der Waals surface area contributed by atoms with E-state index in [1.54, 1.807) is 6.92 Å². The van der Waals surface area contributed by atoms with Gasteiger partial charge in [0.2, 0.25) is 0 Å². The second-order valence-electron chi connectivity index (χ2n) is 2.43. The number of likely N-dealkylation sites (tertiary alicyclic amines) is 1. The van der Waals surface area contributed by atoms with E-state index in [1.165, 1.54) is 11.0 Å². The summed E-state index contributed by atoms with van der Waals surface area (Å²) in [6.07, 6.45) is 0.483. The van der Waals surface area contributed by atoms with Gasteiger partial charge in [0.05, 0.1) is 12.1 Å². The molecule has 4 nitrogen and oxygen atoms in total. The number of nitriles is 1. The topological polar surface area (TPSA) is 64.3 Å². The first-order valence-electron chi connectivity index (χ1n) is 3.25. The summed E-state index contributed by atoms with van der Waals surface area (Å²) in [5.41, 5.74) is 0.884. The third-order valence-corrected chi connectivity index (χ3v) is 1.85. The Labute approximate surface area is 64.3 Å². The second kappa shape index (κ2) is 2.62. The fraction of sp³-hybridized carbons (Fsp3) is 0.429. The lowest BCUT2D eigenvalue weighted by atomic mass is 9.98. The molecule has 1 N–H and O–H groups in total. The van der Waals surface area contributed by atoms with E-state index in [0.29, 0.717) is 6.54 Å². The Morgan fingerprint density at radius 3 is 3.00 bits per heavy atom. The molecule has 0 saturated carbocycles. The van der Waals surface area contributed by atoms with Crippen molar-refractivity contribution in [3.63, 3.8) is 0 Å². The van der Waals surface area contributed by atoms with E-state index < -0.39 is 6.09 Å². The zero-order valence-electron chi connectivity index (χ0n) is 6.11. The van der Waals surface area contributed by atoms with Gasteiger partial charge in [-0.05, 0) is 12.5 Å². The van der Waals surface area contributed by atoms with Crippen LogP contribution >= 0.6 is 0 Å². The first-order chi connectivity index (χ1) is 5.16. The number of allylic oxidation sites excluding steroid dienone is 1. The maximum absolute atomic E-state index is 10.4. The van der Waals surface area contributed by atoms with Crippen molar-refractivity contribution in [2.45, 2.75) is 13.0 Å². The van der Waals surface area contributed by atoms with Gasteiger partial charge < -0.3 is 5.11 Å². The molecule has 1 heterocycles. The van der Waals surface area contributed by atoms with Crippen molar-refractivity contribution in [1.29, 1.82) is 5.26 Å². The van der Waals surface area contributed by atoms with Crippen LogP contribution in [0.4, 0.5) is 4.79 Å². The standard InChI is InChI=1S/C7H8N2O2/c1-5-6(2-3-8)4-9(5)7(10)11/h2,5H,4H2,1H3,(H,10,11)/b6-2-/t5-/m1/s1. The zero-order chi connectivity index (χ0) is 8.43. The first kappa shape index (κ1) is 7.61. The maximum Gasteiger partial charge on any atom is 0.408 e. The fourth-order valence-electron chi connectivity index (χ4n) is 1.04. The molecule has 0 unspecified atom stereocenters. The minimum atomic E-state index is -0.924. The summed E-state index contributed by atoms with van der Waals surface area (Å²) in [6.45, 7) is 2.14. The van der Waals surface area contributed by atoms with E-state index in [0.717, 1.165) is 5.57 Å². The molecular weight excluding hydrogens is 144 g/mol. The Morgan fingerprint density at radius 1 is 2.00 bits per heavy atom. The summed E-state index contributed by atoms with van der Waals surface area (Å²) < 4.78 is 0. The van der Waals surface area contributed by atoms with Crippen molar-refractivity contribution in [2.75, 3.05) is 6.54 Å². The number of nitrogens with zero attached hydrogens (tertiary/aromatic N) is 2. The fourth-order valence-corrected chi connectivity index (χ4v) is 1.04. The summed E-state index contributed by atoms with van der Waals surface area (Å²) in [6, 6.07) is 1.76. The molecule has 1 rings (SSSR count). The average Bonchev–Trinajstić information content (AvgIpc) is 1.95. The van der Waals surface area contributed by atoms with Gasteiger partial charge in [0.25, 0.3) is 0 Å². The molecule has 58 valence electrons. The average molecular weight is 152 g/mol. The zero-order valence-corrected chi connectivity index (χ0v) is 6.11. The van der Waals surface area contributed by atoms with Crippen molar-refractivity contribution in [3.8, 4) is 6.07 Å². The van der Waals surface area contributed by atoms with E-state index in [1.807, 2.05) is 6.07 Å². The summed E-state index contributed by atoms with van der Waals surface area (Å²) >= 11 is 0. The number of hydrogen-bond acceptors (Lipinski definition) is 2. The van der Waals surface area contributed by atoms with Crippen LogP contribution in [-0.4, -0.2) is 28.7 Å². The van der Waals surface area contributed by atoms with Gasteiger partial charge in [0.15, 0.2) is 0 Å². The minimum absolute atomic E-state index is 0.118. The lowest BCUT2D eigenvalue weighted by Gasteiger charge is -2.38. The lowest BCUT2D eigenvalue weighted by Crippen LogP contribution is -2.51. The van der Waals surface area contributed by atoms with Gasteiger partial charge in [-0.25, -0.2) is 4.79 Å². The molecule has 1 atom stereocenters. The van der Waals surface area contributed by atoms with Gasteiger partial charge in [-0.15, -0.1) is 0 Å². The summed E-state index contributed by atoms with van der Waals surface area (Å²) in [5, 5.41) is 16.8. The first-order valence-corrected chi connectivity index (χ1v) is 3.25. The molecule has 1 amide bonds. The van der Waals surface area contributed by atoms with Crippen LogP contribution in [0.5, 0.6) is 0 Å². The molecule has 4 heteroatoms. The molecule has 1 fully saturated rings.